The number of likely N-dealkylation sites (N-methyl/N-ethyl adjacent to an activating group) is 1. The van der Waals surface area contributed by atoms with Crippen molar-refractivity contribution in [3.63, 3.8) is 0 Å². The molecule has 0 aromatic rings. The molecule has 0 radical (unpaired) electrons. The van der Waals surface area contributed by atoms with Crippen LogP contribution in [0.25, 0.3) is 0 Å². The Morgan fingerprint density at radius 3 is 2.92 bits per heavy atom. The molecule has 0 saturated carbocycles. The lowest BCUT2D eigenvalue weighted by Crippen LogP contribution is -2.59. The summed E-state index contributed by atoms with van der Waals surface area (Å²) < 4.78 is 0. The van der Waals surface area contributed by atoms with Crippen LogP contribution in [0.1, 0.15) is 6.42 Å². The molecule has 2 aliphatic rings. The van der Waals surface area contributed by atoms with Crippen molar-refractivity contribution in [2.75, 3.05) is 20.1 Å². The molecule has 0 spiro atoms. The average Bonchev–Trinajstić information content (AvgIpc) is 2.15. The minimum atomic E-state index is -0.240. The second-order valence-corrected chi connectivity index (χ2v) is 3.46. The normalized spacial score (nSPS) is 27.9. The van der Waals surface area contributed by atoms with Crippen LogP contribution in [0.5, 0.6) is 0 Å². The van der Waals surface area contributed by atoms with Crippen molar-refractivity contribution in [2.45, 2.75) is 12.5 Å². The molecule has 2 aliphatic heterocycles. The number of amides is 2. The standard InChI is InChI=1S/C9H12N2O2/c1-10-6-8(12)11-5-3-2-4-7(11)9(10)13/h2-3,7H,4-6H2,1H3/t7-/m0/s1. The lowest BCUT2D eigenvalue weighted by Gasteiger charge is -2.39. The van der Waals surface area contributed by atoms with E-state index in [2.05, 4.69) is 0 Å². The predicted molar refractivity (Wildman–Crippen MR) is 46.9 cm³/mol. The molecular weight excluding hydrogens is 168 g/mol. The van der Waals surface area contributed by atoms with Gasteiger partial charge < -0.3 is 9.80 Å². The number of hydrogen-bond donors (Lipinski definition) is 0. The highest BCUT2D eigenvalue weighted by molar-refractivity contribution is 5.95. The SMILES string of the molecule is CN1CC(=O)N2CC=CC[C@H]2C1=O. The number of fused-ring (bicyclic) bond motifs is 1. The van der Waals surface area contributed by atoms with Crippen LogP contribution in [0.15, 0.2) is 12.2 Å². The molecule has 0 bridgehead atoms. The molecule has 0 N–H and O–H groups in total. The lowest BCUT2D eigenvalue weighted by atomic mass is 10.0. The highest BCUT2D eigenvalue weighted by Crippen LogP contribution is 2.17. The van der Waals surface area contributed by atoms with E-state index in [-0.39, 0.29) is 24.4 Å². The first-order valence-corrected chi connectivity index (χ1v) is 4.39. The molecule has 4 nitrogen and oxygen atoms in total. The van der Waals surface area contributed by atoms with E-state index in [1.807, 2.05) is 12.2 Å². The Morgan fingerprint density at radius 2 is 2.15 bits per heavy atom. The van der Waals surface area contributed by atoms with Gasteiger partial charge in [-0.1, -0.05) is 12.2 Å². The van der Waals surface area contributed by atoms with Crippen molar-refractivity contribution in [1.29, 1.82) is 0 Å². The van der Waals surface area contributed by atoms with Crippen LogP contribution >= 0.6 is 0 Å². The van der Waals surface area contributed by atoms with Crippen molar-refractivity contribution < 1.29 is 9.59 Å². The van der Waals surface area contributed by atoms with Crippen LogP contribution in [0.3, 0.4) is 0 Å². The van der Waals surface area contributed by atoms with Crippen LogP contribution in [-0.2, 0) is 9.59 Å². The van der Waals surface area contributed by atoms with E-state index in [0.717, 1.165) is 0 Å². The first-order valence-electron chi connectivity index (χ1n) is 4.39. The maximum atomic E-state index is 11.6. The first-order chi connectivity index (χ1) is 6.20. The van der Waals surface area contributed by atoms with Gasteiger partial charge in [0.15, 0.2) is 0 Å². The smallest absolute Gasteiger partial charge is 0.245 e. The fraction of sp³-hybridized carbons (Fsp3) is 0.556. The van der Waals surface area contributed by atoms with Gasteiger partial charge in [0.25, 0.3) is 0 Å². The van der Waals surface area contributed by atoms with Gasteiger partial charge in [-0.3, -0.25) is 9.59 Å². The Balaban J connectivity index is 2.26. The minimum Gasteiger partial charge on any atom is -0.335 e. The topological polar surface area (TPSA) is 40.6 Å². The van der Waals surface area contributed by atoms with Gasteiger partial charge >= 0.3 is 0 Å². The summed E-state index contributed by atoms with van der Waals surface area (Å²) in [4.78, 5) is 26.2. The highest BCUT2D eigenvalue weighted by atomic mass is 16.2. The fourth-order valence-electron chi connectivity index (χ4n) is 1.80. The lowest BCUT2D eigenvalue weighted by molar-refractivity contribution is -0.154. The van der Waals surface area contributed by atoms with E-state index in [4.69, 9.17) is 0 Å². The number of carbonyl (C=O) groups is 2. The third kappa shape index (κ3) is 1.22. The summed E-state index contributed by atoms with van der Waals surface area (Å²) in [6.45, 7) is 0.812. The third-order valence-corrected chi connectivity index (χ3v) is 2.56. The van der Waals surface area contributed by atoms with E-state index in [1.165, 1.54) is 4.90 Å². The van der Waals surface area contributed by atoms with Crippen molar-refractivity contribution in [2.24, 2.45) is 0 Å². The predicted octanol–water partition coefficient (Wildman–Crippen LogP) is -0.385. The van der Waals surface area contributed by atoms with Gasteiger partial charge in [-0.15, -0.1) is 0 Å². The first kappa shape index (κ1) is 8.29. The summed E-state index contributed by atoms with van der Waals surface area (Å²) in [6.07, 6.45) is 4.56. The van der Waals surface area contributed by atoms with E-state index in [9.17, 15) is 9.59 Å². The maximum Gasteiger partial charge on any atom is 0.245 e. The van der Waals surface area contributed by atoms with Gasteiger partial charge in [-0.2, -0.15) is 0 Å². The monoisotopic (exact) mass is 180 g/mol. The molecule has 4 heteroatoms. The maximum absolute atomic E-state index is 11.6. The van der Waals surface area contributed by atoms with Crippen LogP contribution < -0.4 is 0 Å². The van der Waals surface area contributed by atoms with Crippen LogP contribution in [0.2, 0.25) is 0 Å². The summed E-state index contributed by atoms with van der Waals surface area (Å²) in [5.41, 5.74) is 0. The van der Waals surface area contributed by atoms with Crippen molar-refractivity contribution in [1.82, 2.24) is 9.80 Å². The number of hydrogen-bond acceptors (Lipinski definition) is 2. The number of nitrogens with zero attached hydrogens (tertiary/aromatic N) is 2. The van der Waals surface area contributed by atoms with Crippen LogP contribution in [-0.4, -0.2) is 47.8 Å². The van der Waals surface area contributed by atoms with Crippen LogP contribution in [0, 0.1) is 0 Å². The highest BCUT2D eigenvalue weighted by Gasteiger charge is 2.37. The summed E-state index contributed by atoms with van der Waals surface area (Å²) in [5.74, 6) is 0.111. The molecule has 70 valence electrons. The third-order valence-electron chi connectivity index (χ3n) is 2.56. The van der Waals surface area contributed by atoms with Gasteiger partial charge in [-0.25, -0.2) is 0 Å². The largest absolute Gasteiger partial charge is 0.335 e. The van der Waals surface area contributed by atoms with E-state index >= 15 is 0 Å². The molecule has 2 heterocycles. The summed E-state index contributed by atoms with van der Waals surface area (Å²) in [7, 11) is 1.68. The summed E-state index contributed by atoms with van der Waals surface area (Å²) in [6, 6.07) is -0.240. The molecule has 0 aromatic carbocycles. The Hall–Kier alpha value is -1.32. The number of piperazine rings is 1. The molecule has 0 aliphatic carbocycles. The Kier molecular flexibility index (Phi) is 1.83. The molecular formula is C9H12N2O2. The van der Waals surface area contributed by atoms with E-state index in [0.29, 0.717) is 13.0 Å². The number of carbonyl (C=O) groups excluding carboxylic acids is 2. The summed E-state index contributed by atoms with van der Waals surface area (Å²) >= 11 is 0. The summed E-state index contributed by atoms with van der Waals surface area (Å²) in [5, 5.41) is 0. The zero-order valence-corrected chi connectivity index (χ0v) is 7.56. The van der Waals surface area contributed by atoms with E-state index < -0.39 is 0 Å². The van der Waals surface area contributed by atoms with Gasteiger partial charge in [0.2, 0.25) is 11.8 Å². The van der Waals surface area contributed by atoms with Crippen LogP contribution in [0.4, 0.5) is 0 Å². The fourth-order valence-corrected chi connectivity index (χ4v) is 1.80. The molecule has 2 amide bonds. The quantitative estimate of drug-likeness (QED) is 0.477. The van der Waals surface area contributed by atoms with Gasteiger partial charge in [-0.05, 0) is 6.42 Å². The second kappa shape index (κ2) is 2.87. The minimum absolute atomic E-state index is 0.0523. The molecule has 0 unspecified atom stereocenters. The molecule has 13 heavy (non-hydrogen) atoms. The molecule has 1 fully saturated rings. The molecule has 2 rings (SSSR count). The van der Waals surface area contributed by atoms with Gasteiger partial charge in [0, 0.05) is 13.6 Å². The van der Waals surface area contributed by atoms with Crippen molar-refractivity contribution in [3.05, 3.63) is 12.2 Å². The van der Waals surface area contributed by atoms with E-state index in [1.54, 1.807) is 11.9 Å². The second-order valence-electron chi connectivity index (χ2n) is 3.46. The van der Waals surface area contributed by atoms with Gasteiger partial charge in [0.1, 0.15) is 6.04 Å². The Morgan fingerprint density at radius 1 is 1.38 bits per heavy atom. The Labute approximate surface area is 76.8 Å². The van der Waals surface area contributed by atoms with Crippen molar-refractivity contribution in [3.8, 4) is 0 Å². The Bertz CT molecular complexity index is 285. The zero-order valence-electron chi connectivity index (χ0n) is 7.56. The molecule has 1 atom stereocenters. The van der Waals surface area contributed by atoms with Crippen molar-refractivity contribution >= 4 is 11.8 Å². The number of rotatable bonds is 0. The van der Waals surface area contributed by atoms with Gasteiger partial charge in [0.05, 0.1) is 6.54 Å². The zero-order chi connectivity index (χ0) is 9.42. The molecule has 0 aromatic heterocycles. The molecule has 1 saturated heterocycles. The average molecular weight is 180 g/mol.